The topological polar surface area (TPSA) is 137 Å². The number of fused-ring (bicyclic) bond motifs is 2. The van der Waals surface area contributed by atoms with Crippen LogP contribution in [-0.2, 0) is 0 Å². The highest BCUT2D eigenvalue weighted by molar-refractivity contribution is 6.08. The molecule has 0 spiro atoms. The number of nitrogens with one attached hydrogen (secondary N) is 1. The number of azide groups is 1. The summed E-state index contributed by atoms with van der Waals surface area (Å²) in [5.74, 6) is -1.22. The van der Waals surface area contributed by atoms with E-state index in [0.29, 0.717) is 28.9 Å². The second kappa shape index (κ2) is 11.1. The first kappa shape index (κ1) is 26.2. The molecule has 1 aliphatic carbocycles. The van der Waals surface area contributed by atoms with Gasteiger partial charge in [-0.3, -0.25) is 4.79 Å². The van der Waals surface area contributed by atoms with Crippen molar-refractivity contribution in [2.75, 3.05) is 46.2 Å². The van der Waals surface area contributed by atoms with E-state index >= 15 is 0 Å². The molecule has 0 radical (unpaired) electrons. The maximum Gasteiger partial charge on any atom is 0.251 e. The monoisotopic (exact) mass is 512 g/mol. The maximum atomic E-state index is 12.7. The maximum absolute atomic E-state index is 12.7. The highest BCUT2D eigenvalue weighted by Gasteiger charge is 2.22. The predicted molar refractivity (Wildman–Crippen MR) is 145 cm³/mol. The van der Waals surface area contributed by atoms with E-state index in [2.05, 4.69) is 15.3 Å². The Morgan fingerprint density at radius 1 is 1.08 bits per heavy atom. The van der Waals surface area contributed by atoms with E-state index in [1.165, 1.54) is 6.07 Å². The van der Waals surface area contributed by atoms with E-state index in [9.17, 15) is 14.7 Å². The van der Waals surface area contributed by atoms with Gasteiger partial charge in [-0.05, 0) is 47.8 Å². The summed E-state index contributed by atoms with van der Waals surface area (Å²) in [4.78, 5) is 29.6. The summed E-state index contributed by atoms with van der Waals surface area (Å²) in [6.07, 6.45) is 0.469. The highest BCUT2D eigenvalue weighted by atomic mass is 16.4. The summed E-state index contributed by atoms with van der Waals surface area (Å²) in [7, 11) is 7.73. The molecule has 0 atom stereocenters. The average molecular weight is 513 g/mol. The van der Waals surface area contributed by atoms with Gasteiger partial charge in [0.25, 0.3) is 5.91 Å². The van der Waals surface area contributed by atoms with Gasteiger partial charge >= 0.3 is 0 Å². The number of carbonyl (C=O) groups is 2. The molecule has 1 heterocycles. The van der Waals surface area contributed by atoms with Gasteiger partial charge in [-0.15, -0.1) is 0 Å². The number of nitrogens with zero attached hydrogens (tertiary/aromatic N) is 5. The predicted octanol–water partition coefficient (Wildman–Crippen LogP) is 3.10. The first-order chi connectivity index (χ1) is 18.2. The lowest BCUT2D eigenvalue weighted by molar-refractivity contribution is -0.254. The van der Waals surface area contributed by atoms with Crippen molar-refractivity contribution in [2.45, 2.75) is 6.42 Å². The molecule has 194 valence electrons. The van der Waals surface area contributed by atoms with Crippen LogP contribution < -0.4 is 25.3 Å². The van der Waals surface area contributed by atoms with Crippen LogP contribution in [0.3, 0.4) is 0 Å². The largest absolute Gasteiger partial charge is 0.545 e. The van der Waals surface area contributed by atoms with Gasteiger partial charge in [-0.25, -0.2) is 4.58 Å². The number of benzene rings is 3. The molecular formula is C28H28N6O4. The normalized spacial score (nSPS) is 10.7. The number of amides is 1. The Morgan fingerprint density at radius 2 is 1.84 bits per heavy atom. The number of hydrogen-bond donors (Lipinski definition) is 1. The molecule has 0 aromatic heterocycles. The molecule has 1 N–H and O–H groups in total. The van der Waals surface area contributed by atoms with Gasteiger partial charge < -0.3 is 24.5 Å². The standard InChI is InChI=1S/C28H28N6O4/c1-33(2)18-7-10-21-24(15-18)38-25-16-19(34(3)4)8-11-22(25)26(21)20-9-6-17(14-23(20)28(36)37)27(35)30-12-5-13-31-32-29/h6-11,14-16H,5,12-13H2,1-4H3,(H-,30,35,36,37). The zero-order valence-corrected chi connectivity index (χ0v) is 21.7. The van der Waals surface area contributed by atoms with Gasteiger partial charge in [0, 0.05) is 77.6 Å². The summed E-state index contributed by atoms with van der Waals surface area (Å²) >= 11 is 0. The molecule has 10 heteroatoms. The number of anilines is 1. The number of carboxylic acid groups (broad SMARTS) is 1. The Morgan fingerprint density at radius 3 is 2.53 bits per heavy atom. The SMILES string of the molecule is CN(C)c1ccc2c(-c3ccc(C(=O)NCCCN=[N+]=[N-])cc3C(=O)[O-])c3ccc(=[N+](C)C)cc-3oc2c1. The van der Waals surface area contributed by atoms with Gasteiger partial charge in [-0.1, -0.05) is 11.2 Å². The second-order valence-corrected chi connectivity index (χ2v) is 9.24. The number of rotatable bonds is 8. The molecule has 2 aromatic rings. The van der Waals surface area contributed by atoms with Gasteiger partial charge in [-0.2, -0.15) is 0 Å². The quantitative estimate of drug-likeness (QED) is 0.0966. The van der Waals surface area contributed by atoms with Crippen LogP contribution in [0.5, 0.6) is 0 Å². The fourth-order valence-electron chi connectivity index (χ4n) is 4.28. The molecule has 0 bridgehead atoms. The molecular weight excluding hydrogens is 484 g/mol. The molecule has 1 aliphatic heterocycles. The number of carbonyl (C=O) groups excluding carboxylic acids is 2. The summed E-state index contributed by atoms with van der Waals surface area (Å²) in [6, 6.07) is 16.1. The van der Waals surface area contributed by atoms with Crippen molar-refractivity contribution in [2.24, 2.45) is 5.11 Å². The third-order valence-corrected chi connectivity index (χ3v) is 6.28. The molecule has 4 rings (SSSR count). The Kier molecular flexibility index (Phi) is 7.64. The molecule has 2 aromatic carbocycles. The van der Waals surface area contributed by atoms with Crippen molar-refractivity contribution in [3.8, 4) is 22.5 Å². The molecule has 0 unspecified atom stereocenters. The van der Waals surface area contributed by atoms with Crippen molar-refractivity contribution in [3.05, 3.63) is 81.5 Å². The molecule has 0 saturated carbocycles. The summed E-state index contributed by atoms with van der Waals surface area (Å²) < 4.78 is 8.27. The van der Waals surface area contributed by atoms with Crippen LogP contribution in [0, 0.1) is 0 Å². The van der Waals surface area contributed by atoms with Gasteiger partial charge in [0.2, 0.25) is 5.36 Å². The van der Waals surface area contributed by atoms with Crippen molar-refractivity contribution in [3.63, 3.8) is 0 Å². The Labute approximate surface area is 219 Å². The molecule has 10 nitrogen and oxygen atoms in total. The van der Waals surface area contributed by atoms with Crippen molar-refractivity contribution in [1.29, 1.82) is 0 Å². The van der Waals surface area contributed by atoms with Crippen molar-refractivity contribution >= 4 is 28.5 Å². The minimum Gasteiger partial charge on any atom is -0.545 e. The van der Waals surface area contributed by atoms with E-state index in [-0.39, 0.29) is 24.2 Å². The first-order valence-electron chi connectivity index (χ1n) is 12.0. The number of hydrogen-bond acceptors (Lipinski definition) is 6. The molecule has 38 heavy (non-hydrogen) atoms. The fourth-order valence-corrected chi connectivity index (χ4v) is 4.28. The minimum absolute atomic E-state index is 0.103. The minimum atomic E-state index is -1.39. The molecule has 0 saturated heterocycles. The van der Waals surface area contributed by atoms with Crippen molar-refractivity contribution in [1.82, 2.24) is 9.89 Å². The lowest BCUT2D eigenvalue weighted by Crippen LogP contribution is -2.27. The molecule has 1 amide bonds. The zero-order chi connectivity index (χ0) is 27.4. The zero-order valence-electron chi connectivity index (χ0n) is 21.7. The van der Waals surface area contributed by atoms with E-state index < -0.39 is 11.9 Å². The van der Waals surface area contributed by atoms with Gasteiger partial charge in [0.15, 0.2) is 0 Å². The van der Waals surface area contributed by atoms with Crippen LogP contribution in [-0.4, -0.2) is 53.2 Å². The van der Waals surface area contributed by atoms with Gasteiger partial charge in [0.1, 0.15) is 25.4 Å². The lowest BCUT2D eigenvalue weighted by atomic mass is 9.89. The Balaban J connectivity index is 1.91. The second-order valence-electron chi connectivity index (χ2n) is 9.24. The third-order valence-electron chi connectivity index (χ3n) is 6.28. The average Bonchev–Trinajstić information content (AvgIpc) is 2.90. The summed E-state index contributed by atoms with van der Waals surface area (Å²) in [5.41, 5.74) is 11.8. The van der Waals surface area contributed by atoms with Crippen LogP contribution in [0.4, 0.5) is 5.69 Å². The number of aromatic carboxylic acids is 1. The highest BCUT2D eigenvalue weighted by Crippen LogP contribution is 2.42. The molecule has 0 fully saturated rings. The smallest absolute Gasteiger partial charge is 0.251 e. The van der Waals surface area contributed by atoms with Gasteiger partial charge in [0.05, 0.1) is 12.0 Å². The Bertz CT molecular complexity index is 1630. The van der Waals surface area contributed by atoms with Crippen molar-refractivity contribution < 1.29 is 19.1 Å². The van der Waals surface area contributed by atoms with Crippen LogP contribution in [0.1, 0.15) is 27.1 Å². The summed E-state index contributed by atoms with van der Waals surface area (Å²) in [6.45, 7) is 0.544. The van der Waals surface area contributed by atoms with Crippen LogP contribution in [0.2, 0.25) is 0 Å². The molecule has 2 aliphatic rings. The lowest BCUT2D eigenvalue weighted by Gasteiger charge is -2.20. The van der Waals surface area contributed by atoms with Crippen LogP contribution in [0.15, 0.2) is 64.1 Å². The van der Waals surface area contributed by atoms with E-state index in [0.717, 1.165) is 22.0 Å². The Hall–Kier alpha value is -4.82. The van der Waals surface area contributed by atoms with Crippen LogP contribution in [0.25, 0.3) is 43.9 Å². The summed E-state index contributed by atoms with van der Waals surface area (Å²) in [5, 5.41) is 20.2. The fraction of sp³-hybridized carbons (Fsp3) is 0.250. The number of carboxylic acids is 1. The third kappa shape index (κ3) is 5.30. The first-order valence-corrected chi connectivity index (χ1v) is 12.0. The van der Waals surface area contributed by atoms with E-state index in [4.69, 9.17) is 9.95 Å². The van der Waals surface area contributed by atoms with Crippen LogP contribution >= 0.6 is 0 Å². The van der Waals surface area contributed by atoms with E-state index in [1.807, 2.05) is 74.1 Å². The van der Waals surface area contributed by atoms with E-state index in [1.54, 1.807) is 12.1 Å².